The van der Waals surface area contributed by atoms with Gasteiger partial charge in [-0.05, 0) is 13.8 Å². The maximum absolute atomic E-state index is 10.8. The molecule has 0 saturated carbocycles. The molecule has 0 aromatic carbocycles. The van der Waals surface area contributed by atoms with E-state index in [0.717, 1.165) is 4.90 Å². The van der Waals surface area contributed by atoms with Crippen molar-refractivity contribution in [2.24, 2.45) is 0 Å². The molecule has 1 aliphatic heterocycles. The highest BCUT2D eigenvalue weighted by Crippen LogP contribution is 2.16. The fraction of sp³-hybridized carbons (Fsp3) is 0.714. The lowest BCUT2D eigenvalue weighted by Crippen LogP contribution is -2.61. The lowest BCUT2D eigenvalue weighted by atomic mass is 10.0. The van der Waals surface area contributed by atoms with Crippen molar-refractivity contribution in [3.8, 4) is 0 Å². The lowest BCUT2D eigenvalue weighted by molar-refractivity contribution is -0.126. The Balaban J connectivity index is 2.78. The molecule has 0 spiro atoms. The lowest BCUT2D eigenvalue weighted by Gasteiger charge is -2.39. The summed E-state index contributed by atoms with van der Waals surface area (Å²) in [5, 5.41) is 11.4. The van der Waals surface area contributed by atoms with Gasteiger partial charge in [0.2, 0.25) is 5.91 Å². The van der Waals surface area contributed by atoms with Crippen molar-refractivity contribution in [1.82, 2.24) is 10.2 Å². The number of piperazine rings is 1. The number of rotatable bonds is 0. The third-order valence-electron chi connectivity index (χ3n) is 1.98. The Morgan fingerprint density at radius 1 is 1.67 bits per heavy atom. The summed E-state index contributed by atoms with van der Waals surface area (Å²) in [5.74, 6) is -0.239. The zero-order valence-electron chi connectivity index (χ0n) is 7.13. The van der Waals surface area contributed by atoms with Crippen molar-refractivity contribution < 1.29 is 14.7 Å². The van der Waals surface area contributed by atoms with Gasteiger partial charge in [-0.25, -0.2) is 4.79 Å². The van der Waals surface area contributed by atoms with E-state index in [0.29, 0.717) is 6.54 Å². The van der Waals surface area contributed by atoms with Crippen LogP contribution in [-0.2, 0) is 4.79 Å². The molecule has 2 amide bonds. The Hall–Kier alpha value is -1.26. The van der Waals surface area contributed by atoms with Crippen molar-refractivity contribution in [2.45, 2.75) is 19.4 Å². The maximum Gasteiger partial charge on any atom is 0.408 e. The molecule has 0 bridgehead atoms. The Labute approximate surface area is 70.4 Å². The van der Waals surface area contributed by atoms with Crippen LogP contribution in [0.15, 0.2) is 0 Å². The molecule has 68 valence electrons. The summed E-state index contributed by atoms with van der Waals surface area (Å²) in [6.45, 7) is 3.86. The molecule has 0 radical (unpaired) electrons. The van der Waals surface area contributed by atoms with Crippen LogP contribution in [0.25, 0.3) is 0 Å². The fourth-order valence-corrected chi connectivity index (χ4v) is 1.15. The molecule has 5 nitrogen and oxygen atoms in total. The van der Waals surface area contributed by atoms with Crippen molar-refractivity contribution in [2.75, 3.05) is 13.1 Å². The molecule has 0 unspecified atom stereocenters. The van der Waals surface area contributed by atoms with E-state index in [1.165, 1.54) is 0 Å². The normalized spacial score (nSPS) is 21.8. The predicted molar refractivity (Wildman–Crippen MR) is 41.8 cm³/mol. The molecule has 0 aromatic rings. The Bertz CT molecular complexity index is 225. The molecule has 2 N–H and O–H groups in total. The van der Waals surface area contributed by atoms with Gasteiger partial charge < -0.3 is 10.4 Å². The second kappa shape index (κ2) is 2.66. The number of carbonyl (C=O) groups excluding carboxylic acids is 1. The molecule has 1 saturated heterocycles. The van der Waals surface area contributed by atoms with Crippen molar-refractivity contribution in [1.29, 1.82) is 0 Å². The first-order chi connectivity index (χ1) is 5.43. The minimum atomic E-state index is -1.05. The molecule has 1 fully saturated rings. The van der Waals surface area contributed by atoms with Gasteiger partial charge in [0.05, 0.1) is 5.54 Å². The third kappa shape index (κ3) is 1.49. The smallest absolute Gasteiger partial charge is 0.408 e. The molecule has 0 aromatic heterocycles. The molecule has 0 aliphatic carbocycles. The minimum absolute atomic E-state index is 0.0671. The highest BCUT2D eigenvalue weighted by atomic mass is 16.4. The van der Waals surface area contributed by atoms with E-state index in [-0.39, 0.29) is 12.5 Å². The van der Waals surface area contributed by atoms with Crippen molar-refractivity contribution in [3.63, 3.8) is 0 Å². The first kappa shape index (κ1) is 8.83. The number of hydrogen-bond donors (Lipinski definition) is 2. The minimum Gasteiger partial charge on any atom is -0.465 e. The van der Waals surface area contributed by atoms with Crippen LogP contribution in [0.1, 0.15) is 13.8 Å². The molecule has 1 rings (SSSR count). The summed E-state index contributed by atoms with van der Waals surface area (Å²) in [5.41, 5.74) is -0.500. The highest BCUT2D eigenvalue weighted by Gasteiger charge is 2.36. The second-order valence-electron chi connectivity index (χ2n) is 3.46. The van der Waals surface area contributed by atoms with Crippen LogP contribution < -0.4 is 5.32 Å². The summed E-state index contributed by atoms with van der Waals surface area (Å²) < 4.78 is 0. The topological polar surface area (TPSA) is 69.6 Å². The van der Waals surface area contributed by atoms with E-state index in [1.807, 2.05) is 0 Å². The second-order valence-corrected chi connectivity index (χ2v) is 3.46. The number of nitrogens with zero attached hydrogens (tertiary/aromatic N) is 1. The fourth-order valence-electron chi connectivity index (χ4n) is 1.15. The maximum atomic E-state index is 10.8. The van der Waals surface area contributed by atoms with Crippen LogP contribution in [0, 0.1) is 0 Å². The van der Waals surface area contributed by atoms with Crippen LogP contribution >= 0.6 is 0 Å². The van der Waals surface area contributed by atoms with Gasteiger partial charge in [0.25, 0.3) is 0 Å². The number of hydrogen-bond acceptors (Lipinski definition) is 2. The van der Waals surface area contributed by atoms with Crippen LogP contribution in [-0.4, -0.2) is 40.6 Å². The number of nitrogens with one attached hydrogen (secondary N) is 1. The van der Waals surface area contributed by atoms with E-state index in [4.69, 9.17) is 5.11 Å². The van der Waals surface area contributed by atoms with Crippen LogP contribution in [0.2, 0.25) is 0 Å². The zero-order chi connectivity index (χ0) is 9.35. The molecule has 12 heavy (non-hydrogen) atoms. The van der Waals surface area contributed by atoms with Crippen LogP contribution in [0.4, 0.5) is 4.79 Å². The van der Waals surface area contributed by atoms with Gasteiger partial charge in [-0.3, -0.25) is 9.69 Å². The Kier molecular flexibility index (Phi) is 1.95. The van der Waals surface area contributed by atoms with E-state index in [2.05, 4.69) is 5.32 Å². The standard InChI is InChI=1S/C7H12N2O3/c1-7(2)4-8-5(10)3-9(7)6(11)12/h3-4H2,1-2H3,(H,8,10)(H,11,12). The van der Waals surface area contributed by atoms with Crippen molar-refractivity contribution in [3.05, 3.63) is 0 Å². The van der Waals surface area contributed by atoms with Gasteiger partial charge in [0.15, 0.2) is 0 Å². The summed E-state index contributed by atoms with van der Waals surface area (Å²) in [6, 6.07) is 0. The zero-order valence-corrected chi connectivity index (χ0v) is 7.13. The number of carbonyl (C=O) groups is 2. The average Bonchev–Trinajstić information content (AvgIpc) is 1.94. The van der Waals surface area contributed by atoms with Crippen LogP contribution in [0.5, 0.6) is 0 Å². The van der Waals surface area contributed by atoms with Gasteiger partial charge in [-0.15, -0.1) is 0 Å². The molecule has 1 heterocycles. The monoisotopic (exact) mass is 172 g/mol. The first-order valence-electron chi connectivity index (χ1n) is 3.71. The van der Waals surface area contributed by atoms with Gasteiger partial charge >= 0.3 is 6.09 Å². The molecular weight excluding hydrogens is 160 g/mol. The largest absolute Gasteiger partial charge is 0.465 e. The number of carboxylic acid groups (broad SMARTS) is 1. The van der Waals surface area contributed by atoms with E-state index in [9.17, 15) is 9.59 Å². The molecule has 1 aliphatic rings. The van der Waals surface area contributed by atoms with Gasteiger partial charge in [0.1, 0.15) is 6.54 Å². The van der Waals surface area contributed by atoms with Gasteiger partial charge in [-0.2, -0.15) is 0 Å². The summed E-state index contributed by atoms with van der Waals surface area (Å²) in [4.78, 5) is 22.7. The van der Waals surface area contributed by atoms with E-state index >= 15 is 0 Å². The first-order valence-corrected chi connectivity index (χ1v) is 3.71. The summed E-state index contributed by atoms with van der Waals surface area (Å²) in [6.07, 6.45) is -1.05. The molecular formula is C7H12N2O3. The highest BCUT2D eigenvalue weighted by molar-refractivity contribution is 5.83. The number of amides is 2. The van der Waals surface area contributed by atoms with Crippen LogP contribution in [0.3, 0.4) is 0 Å². The Morgan fingerprint density at radius 2 is 2.25 bits per heavy atom. The third-order valence-corrected chi connectivity index (χ3v) is 1.98. The Morgan fingerprint density at radius 3 is 2.67 bits per heavy atom. The molecule has 5 heteroatoms. The van der Waals surface area contributed by atoms with Gasteiger partial charge in [-0.1, -0.05) is 0 Å². The van der Waals surface area contributed by atoms with E-state index < -0.39 is 11.6 Å². The van der Waals surface area contributed by atoms with Gasteiger partial charge in [0, 0.05) is 6.54 Å². The average molecular weight is 172 g/mol. The molecule has 0 atom stereocenters. The summed E-state index contributed by atoms with van der Waals surface area (Å²) in [7, 11) is 0. The predicted octanol–water partition coefficient (Wildman–Crippen LogP) is -0.125. The summed E-state index contributed by atoms with van der Waals surface area (Å²) >= 11 is 0. The van der Waals surface area contributed by atoms with Crippen molar-refractivity contribution >= 4 is 12.0 Å². The quantitative estimate of drug-likeness (QED) is 0.535. The SMILES string of the molecule is CC1(C)CNC(=O)CN1C(=O)O. The van der Waals surface area contributed by atoms with E-state index in [1.54, 1.807) is 13.8 Å².